The van der Waals surface area contributed by atoms with Crippen LogP contribution in [-0.2, 0) is 12.0 Å². The van der Waals surface area contributed by atoms with Crippen LogP contribution in [0.1, 0.15) is 57.1 Å². The predicted octanol–water partition coefficient (Wildman–Crippen LogP) is 3.64. The largest absolute Gasteiger partial charge is 0.333 e. The molecular weight excluding hydrogens is 246 g/mol. The summed E-state index contributed by atoms with van der Waals surface area (Å²) in [6.45, 7) is 9.78. The molecule has 0 bridgehead atoms. The van der Waals surface area contributed by atoms with Crippen LogP contribution in [0.4, 0.5) is 0 Å². The molecule has 2 N–H and O–H groups in total. The molecule has 1 unspecified atom stereocenters. The summed E-state index contributed by atoms with van der Waals surface area (Å²) < 4.78 is 2.16. The molecule has 3 heteroatoms. The van der Waals surface area contributed by atoms with E-state index in [1.807, 2.05) is 12.4 Å². The molecule has 0 aliphatic carbocycles. The van der Waals surface area contributed by atoms with Gasteiger partial charge in [0.2, 0.25) is 0 Å². The highest BCUT2D eigenvalue weighted by atomic mass is 15.1. The van der Waals surface area contributed by atoms with Crippen LogP contribution in [0.15, 0.2) is 36.7 Å². The molecule has 1 heterocycles. The Morgan fingerprint density at radius 1 is 1.25 bits per heavy atom. The minimum absolute atomic E-state index is 0.0798. The molecule has 0 amide bonds. The van der Waals surface area contributed by atoms with E-state index < -0.39 is 0 Å². The molecule has 1 aromatic heterocycles. The van der Waals surface area contributed by atoms with Gasteiger partial charge in [0.05, 0.1) is 6.04 Å². The van der Waals surface area contributed by atoms with Gasteiger partial charge in [-0.3, -0.25) is 0 Å². The summed E-state index contributed by atoms with van der Waals surface area (Å²) >= 11 is 0. The molecule has 0 fully saturated rings. The summed E-state index contributed by atoms with van der Waals surface area (Å²) in [6.07, 6.45) is 4.93. The highest BCUT2D eigenvalue weighted by molar-refractivity contribution is 5.37. The number of aryl methyl sites for hydroxylation is 1. The molecule has 20 heavy (non-hydrogen) atoms. The van der Waals surface area contributed by atoms with Crippen molar-refractivity contribution in [2.24, 2.45) is 5.73 Å². The van der Waals surface area contributed by atoms with Crippen LogP contribution in [0.3, 0.4) is 0 Å². The number of benzene rings is 1. The van der Waals surface area contributed by atoms with Gasteiger partial charge in [-0.15, -0.1) is 0 Å². The van der Waals surface area contributed by atoms with Crippen LogP contribution in [0.25, 0.3) is 0 Å². The highest BCUT2D eigenvalue weighted by Crippen LogP contribution is 2.31. The Labute approximate surface area is 121 Å². The number of rotatable bonds is 4. The van der Waals surface area contributed by atoms with Gasteiger partial charge in [0.1, 0.15) is 5.82 Å². The molecule has 0 aliphatic heterocycles. The second-order valence-corrected chi connectivity index (χ2v) is 6.29. The number of aromatic nitrogens is 2. The molecule has 0 aliphatic rings. The third kappa shape index (κ3) is 2.93. The van der Waals surface area contributed by atoms with Crippen molar-refractivity contribution in [3.05, 3.63) is 53.6 Å². The first kappa shape index (κ1) is 14.8. The Kier molecular flexibility index (Phi) is 4.29. The fourth-order valence-electron chi connectivity index (χ4n) is 2.62. The zero-order chi connectivity index (χ0) is 14.8. The summed E-state index contributed by atoms with van der Waals surface area (Å²) in [5.41, 5.74) is 9.05. The van der Waals surface area contributed by atoms with Crippen molar-refractivity contribution in [1.29, 1.82) is 0 Å². The number of nitrogens with two attached hydrogens (primary N) is 1. The number of hydrogen-bond acceptors (Lipinski definition) is 2. The lowest BCUT2D eigenvalue weighted by molar-refractivity contribution is 0.565. The van der Waals surface area contributed by atoms with Crippen LogP contribution in [-0.4, -0.2) is 9.55 Å². The van der Waals surface area contributed by atoms with E-state index in [1.54, 1.807) is 0 Å². The van der Waals surface area contributed by atoms with Gasteiger partial charge in [-0.05, 0) is 23.0 Å². The fourth-order valence-corrected chi connectivity index (χ4v) is 2.62. The first-order valence-corrected chi connectivity index (χ1v) is 7.31. The number of imidazole rings is 1. The molecule has 0 radical (unpaired) electrons. The van der Waals surface area contributed by atoms with E-state index in [-0.39, 0.29) is 11.5 Å². The van der Waals surface area contributed by atoms with Gasteiger partial charge in [-0.2, -0.15) is 0 Å². The summed E-state index contributed by atoms with van der Waals surface area (Å²) in [6, 6.07) is 8.25. The van der Waals surface area contributed by atoms with Gasteiger partial charge >= 0.3 is 0 Å². The molecule has 0 spiro atoms. The van der Waals surface area contributed by atoms with Gasteiger partial charge in [0.15, 0.2) is 0 Å². The van der Waals surface area contributed by atoms with Crippen LogP contribution in [0.5, 0.6) is 0 Å². The van der Waals surface area contributed by atoms with Crippen molar-refractivity contribution in [3.63, 3.8) is 0 Å². The maximum atomic E-state index is 6.51. The first-order valence-electron chi connectivity index (χ1n) is 7.31. The predicted molar refractivity (Wildman–Crippen MR) is 83.7 cm³/mol. The summed E-state index contributed by atoms with van der Waals surface area (Å²) in [5, 5.41) is 0. The minimum atomic E-state index is -0.174. The first-order chi connectivity index (χ1) is 9.45. The SMILES string of the molecule is CCCn1ccnc1C(N)c1ccccc1C(C)(C)C. The Bertz CT molecular complexity index is 564. The molecule has 3 nitrogen and oxygen atoms in total. The summed E-state index contributed by atoms with van der Waals surface area (Å²) in [7, 11) is 0. The molecule has 2 rings (SSSR count). The maximum absolute atomic E-state index is 6.51. The molecule has 2 aromatic rings. The van der Waals surface area contributed by atoms with Gasteiger partial charge in [0, 0.05) is 18.9 Å². The average Bonchev–Trinajstić information content (AvgIpc) is 2.85. The van der Waals surface area contributed by atoms with E-state index in [9.17, 15) is 0 Å². The van der Waals surface area contributed by atoms with Crippen molar-refractivity contribution >= 4 is 0 Å². The van der Waals surface area contributed by atoms with E-state index in [2.05, 4.69) is 61.5 Å². The number of hydrogen-bond donors (Lipinski definition) is 1. The van der Waals surface area contributed by atoms with Crippen molar-refractivity contribution in [1.82, 2.24) is 9.55 Å². The smallest absolute Gasteiger partial charge is 0.130 e. The van der Waals surface area contributed by atoms with Crippen molar-refractivity contribution in [2.75, 3.05) is 0 Å². The normalized spacial score (nSPS) is 13.4. The van der Waals surface area contributed by atoms with Crippen molar-refractivity contribution in [3.8, 4) is 0 Å². The standard InChI is InChI=1S/C17H25N3/c1-5-11-20-12-10-19-16(20)15(18)13-8-6-7-9-14(13)17(2,3)4/h6-10,12,15H,5,11,18H2,1-4H3. The fraction of sp³-hybridized carbons (Fsp3) is 0.471. The molecular formula is C17H25N3. The summed E-state index contributed by atoms with van der Waals surface area (Å²) in [5.74, 6) is 0.948. The average molecular weight is 271 g/mol. The van der Waals surface area contributed by atoms with Crippen LogP contribution < -0.4 is 5.73 Å². The quantitative estimate of drug-likeness (QED) is 0.922. The molecule has 1 aromatic carbocycles. The van der Waals surface area contributed by atoms with Crippen LogP contribution in [0, 0.1) is 0 Å². The van der Waals surface area contributed by atoms with E-state index >= 15 is 0 Å². The van der Waals surface area contributed by atoms with Gasteiger partial charge in [-0.25, -0.2) is 4.98 Å². The number of nitrogens with zero attached hydrogens (tertiary/aromatic N) is 2. The second kappa shape index (κ2) is 5.80. The van der Waals surface area contributed by atoms with E-state index in [0.717, 1.165) is 18.8 Å². The van der Waals surface area contributed by atoms with Crippen molar-refractivity contribution in [2.45, 2.75) is 52.1 Å². The zero-order valence-corrected chi connectivity index (χ0v) is 12.9. The van der Waals surface area contributed by atoms with Gasteiger partial charge in [0.25, 0.3) is 0 Å². The maximum Gasteiger partial charge on any atom is 0.130 e. The molecule has 0 saturated heterocycles. The Morgan fingerprint density at radius 3 is 2.60 bits per heavy atom. The Balaban J connectivity index is 2.43. The third-order valence-corrected chi connectivity index (χ3v) is 3.59. The van der Waals surface area contributed by atoms with Crippen LogP contribution >= 0.6 is 0 Å². The Hall–Kier alpha value is -1.61. The van der Waals surface area contributed by atoms with Crippen LogP contribution in [0.2, 0.25) is 0 Å². The monoisotopic (exact) mass is 271 g/mol. The van der Waals surface area contributed by atoms with Gasteiger partial charge in [-0.1, -0.05) is 52.0 Å². The zero-order valence-electron chi connectivity index (χ0n) is 12.9. The topological polar surface area (TPSA) is 43.8 Å². The molecule has 108 valence electrons. The lowest BCUT2D eigenvalue weighted by atomic mass is 9.82. The lowest BCUT2D eigenvalue weighted by Gasteiger charge is -2.26. The lowest BCUT2D eigenvalue weighted by Crippen LogP contribution is -2.23. The highest BCUT2D eigenvalue weighted by Gasteiger charge is 2.23. The van der Waals surface area contributed by atoms with E-state index in [1.165, 1.54) is 11.1 Å². The minimum Gasteiger partial charge on any atom is -0.333 e. The van der Waals surface area contributed by atoms with Gasteiger partial charge < -0.3 is 10.3 Å². The Morgan fingerprint density at radius 2 is 1.95 bits per heavy atom. The van der Waals surface area contributed by atoms with E-state index in [4.69, 9.17) is 5.73 Å². The van der Waals surface area contributed by atoms with E-state index in [0.29, 0.717) is 0 Å². The molecule has 0 saturated carbocycles. The van der Waals surface area contributed by atoms with Crippen molar-refractivity contribution < 1.29 is 0 Å². The summed E-state index contributed by atoms with van der Waals surface area (Å²) in [4.78, 5) is 4.47. The second-order valence-electron chi connectivity index (χ2n) is 6.29. The third-order valence-electron chi connectivity index (χ3n) is 3.59. The molecule has 1 atom stereocenters.